The molecule has 11 heteroatoms. The van der Waals surface area contributed by atoms with E-state index in [-0.39, 0.29) is 31.8 Å². The van der Waals surface area contributed by atoms with Crippen LogP contribution in [0.4, 0.5) is 13.9 Å². The molecule has 5 rings (SSSR count). The Morgan fingerprint density at radius 1 is 1.08 bits per heavy atom. The van der Waals surface area contributed by atoms with Crippen molar-refractivity contribution in [3.8, 4) is 5.75 Å². The topological polar surface area (TPSA) is 79.8 Å². The van der Waals surface area contributed by atoms with E-state index in [9.17, 15) is 22.0 Å². The average Bonchev–Trinajstić information content (AvgIpc) is 3.35. The van der Waals surface area contributed by atoms with Gasteiger partial charge in [-0.3, -0.25) is 9.69 Å². The Hall–Kier alpha value is -3.41. The lowest BCUT2D eigenvalue weighted by Gasteiger charge is -2.33. The standard InChI is InChI=1S/C27H25F2N3O4S2/c1-36-21-8-9-23-24(16-21)37-27(30-23)32(17-18-5-3-2-4-6-18)26(33)19-11-13-31(14-12-19)38(34,35)25-10-7-20(28)15-22(25)29/h2-10,15-16,19H,11-14,17H2,1H3. The second-order valence-electron chi connectivity index (χ2n) is 8.99. The number of amides is 1. The molecule has 0 bridgehead atoms. The lowest BCUT2D eigenvalue weighted by molar-refractivity contribution is -0.123. The number of ether oxygens (including phenoxy) is 1. The van der Waals surface area contributed by atoms with E-state index in [1.165, 1.54) is 11.3 Å². The Morgan fingerprint density at radius 2 is 1.82 bits per heavy atom. The first-order valence-corrected chi connectivity index (χ1v) is 14.3. The number of piperidine rings is 1. The van der Waals surface area contributed by atoms with Gasteiger partial charge in [0.1, 0.15) is 22.3 Å². The van der Waals surface area contributed by atoms with E-state index in [0.717, 1.165) is 32.2 Å². The Labute approximate surface area is 223 Å². The fourth-order valence-corrected chi connectivity index (χ4v) is 7.04. The monoisotopic (exact) mass is 557 g/mol. The number of fused-ring (bicyclic) bond motifs is 1. The molecule has 198 valence electrons. The smallest absolute Gasteiger partial charge is 0.245 e. The van der Waals surface area contributed by atoms with Crippen molar-refractivity contribution in [2.75, 3.05) is 25.1 Å². The van der Waals surface area contributed by atoms with Gasteiger partial charge in [0.05, 0.1) is 23.9 Å². The van der Waals surface area contributed by atoms with E-state index in [4.69, 9.17) is 9.72 Å². The maximum Gasteiger partial charge on any atom is 0.245 e. The van der Waals surface area contributed by atoms with Crippen LogP contribution in [0.15, 0.2) is 71.6 Å². The van der Waals surface area contributed by atoms with Gasteiger partial charge in [0.15, 0.2) is 5.13 Å². The largest absolute Gasteiger partial charge is 0.497 e. The molecular weight excluding hydrogens is 532 g/mol. The number of halogens is 2. The minimum absolute atomic E-state index is 0.0474. The molecule has 3 aromatic carbocycles. The van der Waals surface area contributed by atoms with Gasteiger partial charge in [0.25, 0.3) is 0 Å². The minimum Gasteiger partial charge on any atom is -0.497 e. The van der Waals surface area contributed by atoms with Crippen molar-refractivity contribution in [2.45, 2.75) is 24.3 Å². The number of thiazole rings is 1. The molecule has 0 unspecified atom stereocenters. The van der Waals surface area contributed by atoms with Crippen LogP contribution in [0, 0.1) is 17.6 Å². The number of hydrogen-bond donors (Lipinski definition) is 0. The molecule has 0 aliphatic carbocycles. The summed E-state index contributed by atoms with van der Waals surface area (Å²) in [6, 6.07) is 17.5. The summed E-state index contributed by atoms with van der Waals surface area (Å²) in [6.45, 7) is 0.410. The predicted molar refractivity (Wildman–Crippen MR) is 142 cm³/mol. The van der Waals surface area contributed by atoms with Gasteiger partial charge < -0.3 is 4.74 Å². The quantitative estimate of drug-likeness (QED) is 0.312. The molecule has 0 atom stereocenters. The highest BCUT2D eigenvalue weighted by molar-refractivity contribution is 7.89. The fraction of sp³-hybridized carbons (Fsp3) is 0.259. The Bertz CT molecular complexity index is 1570. The number of hydrogen-bond acceptors (Lipinski definition) is 6. The van der Waals surface area contributed by atoms with Crippen LogP contribution in [-0.4, -0.2) is 43.8 Å². The van der Waals surface area contributed by atoms with E-state index in [0.29, 0.717) is 23.5 Å². The normalized spacial score (nSPS) is 15.0. The number of sulfonamides is 1. The molecule has 1 saturated heterocycles. The molecule has 1 amide bonds. The van der Waals surface area contributed by atoms with Crippen LogP contribution >= 0.6 is 11.3 Å². The third-order valence-corrected chi connectivity index (χ3v) is 9.55. The van der Waals surface area contributed by atoms with Gasteiger partial charge >= 0.3 is 0 Å². The summed E-state index contributed by atoms with van der Waals surface area (Å²) in [5.74, 6) is -1.88. The molecule has 4 aromatic rings. The average molecular weight is 558 g/mol. The Balaban J connectivity index is 1.38. The van der Waals surface area contributed by atoms with Crippen molar-refractivity contribution in [3.63, 3.8) is 0 Å². The summed E-state index contributed by atoms with van der Waals surface area (Å²) in [4.78, 5) is 19.6. The highest BCUT2D eigenvalue weighted by Crippen LogP contribution is 2.34. The lowest BCUT2D eigenvalue weighted by Crippen LogP contribution is -2.44. The number of methoxy groups -OCH3 is 1. The maximum absolute atomic E-state index is 14.2. The minimum atomic E-state index is -4.16. The third kappa shape index (κ3) is 5.27. The van der Waals surface area contributed by atoms with Gasteiger partial charge in [-0.15, -0.1) is 0 Å². The van der Waals surface area contributed by atoms with Gasteiger partial charge in [-0.2, -0.15) is 4.31 Å². The zero-order chi connectivity index (χ0) is 26.9. The highest BCUT2D eigenvalue weighted by Gasteiger charge is 2.36. The first kappa shape index (κ1) is 26.2. The van der Waals surface area contributed by atoms with E-state index in [2.05, 4.69) is 0 Å². The number of aromatic nitrogens is 1. The van der Waals surface area contributed by atoms with Crippen LogP contribution in [0.25, 0.3) is 10.2 Å². The Morgan fingerprint density at radius 3 is 2.50 bits per heavy atom. The van der Waals surface area contributed by atoms with Crippen LogP contribution in [0.2, 0.25) is 0 Å². The van der Waals surface area contributed by atoms with Crippen LogP contribution < -0.4 is 9.64 Å². The van der Waals surface area contributed by atoms with Gasteiger partial charge in [0.2, 0.25) is 15.9 Å². The van der Waals surface area contributed by atoms with E-state index >= 15 is 0 Å². The summed E-state index contributed by atoms with van der Waals surface area (Å²) >= 11 is 1.39. The number of carbonyl (C=O) groups is 1. The van der Waals surface area contributed by atoms with Crippen LogP contribution in [-0.2, 0) is 21.4 Å². The first-order valence-electron chi connectivity index (χ1n) is 12.0. The van der Waals surface area contributed by atoms with E-state index < -0.39 is 32.5 Å². The van der Waals surface area contributed by atoms with Crippen LogP contribution in [0.1, 0.15) is 18.4 Å². The molecule has 7 nitrogen and oxygen atoms in total. The predicted octanol–water partition coefficient (Wildman–Crippen LogP) is 5.22. The van der Waals surface area contributed by atoms with Crippen molar-refractivity contribution in [1.29, 1.82) is 0 Å². The molecule has 0 spiro atoms. The molecule has 0 saturated carbocycles. The zero-order valence-electron chi connectivity index (χ0n) is 20.5. The molecule has 1 aliphatic rings. The van der Waals surface area contributed by atoms with Gasteiger partial charge in [-0.1, -0.05) is 41.7 Å². The molecule has 1 aromatic heterocycles. The fourth-order valence-electron chi connectivity index (χ4n) is 4.53. The van der Waals surface area contributed by atoms with Gasteiger partial charge in [-0.25, -0.2) is 22.2 Å². The molecule has 0 radical (unpaired) electrons. The number of anilines is 1. The maximum atomic E-state index is 14.2. The first-order chi connectivity index (χ1) is 18.3. The molecule has 1 aliphatic heterocycles. The van der Waals surface area contributed by atoms with Crippen LogP contribution in [0.5, 0.6) is 5.75 Å². The summed E-state index contributed by atoms with van der Waals surface area (Å²) < 4.78 is 60.9. The lowest BCUT2D eigenvalue weighted by atomic mass is 9.96. The van der Waals surface area contributed by atoms with Crippen molar-refractivity contribution in [2.24, 2.45) is 5.92 Å². The van der Waals surface area contributed by atoms with Gasteiger partial charge in [-0.05, 0) is 48.7 Å². The van der Waals surface area contributed by atoms with E-state index in [1.54, 1.807) is 12.0 Å². The molecular formula is C27H25F2N3O4S2. The molecule has 1 fully saturated rings. The second kappa shape index (κ2) is 10.8. The summed E-state index contributed by atoms with van der Waals surface area (Å²) in [7, 11) is -2.57. The number of nitrogens with zero attached hydrogens (tertiary/aromatic N) is 3. The van der Waals surface area contributed by atoms with E-state index in [1.807, 2.05) is 48.5 Å². The summed E-state index contributed by atoms with van der Waals surface area (Å²) in [6.07, 6.45) is 0.537. The van der Waals surface area contributed by atoms with Crippen molar-refractivity contribution < 1.29 is 26.7 Å². The summed E-state index contributed by atoms with van der Waals surface area (Å²) in [5, 5.41) is 0.547. The highest BCUT2D eigenvalue weighted by atomic mass is 32.2. The molecule has 38 heavy (non-hydrogen) atoms. The number of rotatable bonds is 7. The second-order valence-corrected chi connectivity index (χ2v) is 11.9. The zero-order valence-corrected chi connectivity index (χ0v) is 22.1. The number of carbonyl (C=O) groups excluding carboxylic acids is 1. The SMILES string of the molecule is COc1ccc2nc(N(Cc3ccccc3)C(=O)C3CCN(S(=O)(=O)c4ccc(F)cc4F)CC3)sc2c1. The van der Waals surface area contributed by atoms with Crippen molar-refractivity contribution >= 4 is 42.6 Å². The summed E-state index contributed by atoms with van der Waals surface area (Å²) in [5.41, 5.74) is 1.68. The third-order valence-electron chi connectivity index (χ3n) is 6.58. The van der Waals surface area contributed by atoms with Crippen LogP contribution in [0.3, 0.4) is 0 Å². The van der Waals surface area contributed by atoms with Crippen molar-refractivity contribution in [1.82, 2.24) is 9.29 Å². The number of benzene rings is 3. The molecule has 2 heterocycles. The Kier molecular flexibility index (Phi) is 7.42. The molecule has 0 N–H and O–H groups in total. The van der Waals surface area contributed by atoms with Crippen molar-refractivity contribution in [3.05, 3.63) is 83.9 Å². The van der Waals surface area contributed by atoms with Gasteiger partial charge in [0, 0.05) is 25.1 Å².